The van der Waals surface area contributed by atoms with Gasteiger partial charge in [0.1, 0.15) is 11.6 Å². The number of benzene rings is 2. The van der Waals surface area contributed by atoms with Crippen molar-refractivity contribution >= 4 is 16.8 Å². The number of aromatic amines is 1. The number of carbonyl (C=O) groups excluding carboxylic acids is 1. The van der Waals surface area contributed by atoms with Crippen LogP contribution in [0.2, 0.25) is 0 Å². The second-order valence-electron chi connectivity index (χ2n) is 6.85. The Balaban J connectivity index is 1.35. The van der Waals surface area contributed by atoms with E-state index in [9.17, 15) is 9.18 Å². The van der Waals surface area contributed by atoms with Gasteiger partial charge in [-0.2, -0.15) is 0 Å². The van der Waals surface area contributed by atoms with E-state index in [4.69, 9.17) is 4.52 Å². The minimum absolute atomic E-state index is 0.257. The summed E-state index contributed by atoms with van der Waals surface area (Å²) < 4.78 is 18.7. The Hall–Kier alpha value is -3.41. The van der Waals surface area contributed by atoms with Crippen LogP contribution in [0.15, 0.2) is 59.3 Å². The van der Waals surface area contributed by atoms with E-state index in [1.54, 1.807) is 12.1 Å². The van der Waals surface area contributed by atoms with Gasteiger partial charge in [-0.15, -0.1) is 0 Å². The van der Waals surface area contributed by atoms with Crippen molar-refractivity contribution in [2.24, 2.45) is 0 Å². The van der Waals surface area contributed by atoms with Crippen molar-refractivity contribution in [1.82, 2.24) is 15.5 Å². The second-order valence-corrected chi connectivity index (χ2v) is 6.85. The molecule has 2 aromatic carbocycles. The topological polar surface area (TPSA) is 70.9 Å². The second kappa shape index (κ2) is 7.68. The largest absolute Gasteiger partial charge is 0.361 e. The molecule has 4 rings (SSSR count). The van der Waals surface area contributed by atoms with Crippen molar-refractivity contribution in [3.05, 3.63) is 88.7 Å². The fourth-order valence-corrected chi connectivity index (χ4v) is 3.29. The maximum atomic E-state index is 13.4. The van der Waals surface area contributed by atoms with E-state index in [1.807, 2.05) is 31.3 Å². The number of hydrogen-bond donors (Lipinski definition) is 2. The van der Waals surface area contributed by atoms with Gasteiger partial charge in [0.05, 0.1) is 0 Å². The first kappa shape index (κ1) is 18.0. The van der Waals surface area contributed by atoms with Crippen LogP contribution in [0.1, 0.15) is 32.9 Å². The summed E-state index contributed by atoms with van der Waals surface area (Å²) in [5.74, 6) is 0.0780. The number of aryl methyl sites for hydroxylation is 1. The van der Waals surface area contributed by atoms with Crippen LogP contribution in [0, 0.1) is 12.7 Å². The molecule has 0 atom stereocenters. The van der Waals surface area contributed by atoms with Gasteiger partial charge in [-0.1, -0.05) is 35.0 Å². The minimum atomic E-state index is -0.287. The van der Waals surface area contributed by atoms with Crippen LogP contribution in [0.25, 0.3) is 10.9 Å². The summed E-state index contributed by atoms with van der Waals surface area (Å²) in [6, 6.07) is 14.4. The predicted molar refractivity (Wildman–Crippen MR) is 105 cm³/mol. The zero-order chi connectivity index (χ0) is 19.5. The van der Waals surface area contributed by atoms with Crippen molar-refractivity contribution in [2.75, 3.05) is 6.54 Å². The number of hydrogen-bond acceptors (Lipinski definition) is 3. The molecule has 28 heavy (non-hydrogen) atoms. The summed E-state index contributed by atoms with van der Waals surface area (Å²) in [5, 5.41) is 7.53. The smallest absolute Gasteiger partial charge is 0.273 e. The van der Waals surface area contributed by atoms with Crippen LogP contribution < -0.4 is 5.32 Å². The molecular weight excluding hydrogens is 357 g/mol. The fourth-order valence-electron chi connectivity index (χ4n) is 3.29. The standard InChI is InChI=1S/C22H20FN3O2/c1-14-3-2-4-15(9-14)10-18-12-21(26-28-18)22(27)24-8-7-16-13-25-20-6-5-17(23)11-19(16)20/h2-6,9,11-13,25H,7-8,10H2,1H3,(H,24,27). The number of nitrogens with one attached hydrogen (secondary N) is 2. The lowest BCUT2D eigenvalue weighted by atomic mass is 10.1. The average Bonchev–Trinajstić information content (AvgIpc) is 3.29. The number of amides is 1. The Morgan fingerprint density at radius 1 is 1.21 bits per heavy atom. The number of rotatable bonds is 6. The van der Waals surface area contributed by atoms with Crippen LogP contribution in [0.3, 0.4) is 0 Å². The molecule has 2 heterocycles. The van der Waals surface area contributed by atoms with Gasteiger partial charge in [-0.05, 0) is 42.7 Å². The van der Waals surface area contributed by atoms with Crippen LogP contribution >= 0.6 is 0 Å². The Morgan fingerprint density at radius 2 is 2.11 bits per heavy atom. The lowest BCUT2D eigenvalue weighted by Gasteiger charge is -2.02. The van der Waals surface area contributed by atoms with E-state index in [2.05, 4.69) is 21.5 Å². The van der Waals surface area contributed by atoms with Gasteiger partial charge in [-0.3, -0.25) is 4.79 Å². The third-order valence-electron chi connectivity index (χ3n) is 4.66. The van der Waals surface area contributed by atoms with Gasteiger partial charge >= 0.3 is 0 Å². The maximum Gasteiger partial charge on any atom is 0.273 e. The highest BCUT2D eigenvalue weighted by atomic mass is 19.1. The van der Waals surface area contributed by atoms with Gasteiger partial charge < -0.3 is 14.8 Å². The Labute approximate surface area is 161 Å². The van der Waals surface area contributed by atoms with Crippen LogP contribution in [0.5, 0.6) is 0 Å². The number of fused-ring (bicyclic) bond motifs is 1. The van der Waals surface area contributed by atoms with E-state index in [0.717, 1.165) is 22.0 Å². The molecule has 0 unspecified atom stereocenters. The van der Waals surface area contributed by atoms with E-state index in [0.29, 0.717) is 25.1 Å². The molecule has 0 saturated carbocycles. The van der Waals surface area contributed by atoms with E-state index in [1.165, 1.54) is 17.7 Å². The van der Waals surface area contributed by atoms with Crippen LogP contribution in [0.4, 0.5) is 4.39 Å². The highest BCUT2D eigenvalue weighted by Gasteiger charge is 2.13. The Bertz CT molecular complexity index is 1130. The quantitative estimate of drug-likeness (QED) is 0.530. The van der Waals surface area contributed by atoms with E-state index >= 15 is 0 Å². The number of nitrogens with zero attached hydrogens (tertiary/aromatic N) is 1. The molecule has 0 fully saturated rings. The molecule has 6 heteroatoms. The minimum Gasteiger partial charge on any atom is -0.361 e. The molecule has 0 radical (unpaired) electrons. The first-order valence-electron chi connectivity index (χ1n) is 9.13. The molecule has 0 aliphatic carbocycles. The highest BCUT2D eigenvalue weighted by molar-refractivity contribution is 5.92. The molecule has 0 spiro atoms. The van der Waals surface area contributed by atoms with Crippen molar-refractivity contribution in [3.63, 3.8) is 0 Å². The molecule has 2 N–H and O–H groups in total. The molecular formula is C22H20FN3O2. The van der Waals surface area contributed by atoms with E-state index in [-0.39, 0.29) is 17.4 Å². The summed E-state index contributed by atoms with van der Waals surface area (Å²) in [5.41, 5.74) is 4.37. The van der Waals surface area contributed by atoms with Crippen LogP contribution in [-0.2, 0) is 12.8 Å². The third kappa shape index (κ3) is 3.96. The molecule has 0 aliphatic heterocycles. The molecule has 1 amide bonds. The molecule has 4 aromatic rings. The molecule has 5 nitrogen and oxygen atoms in total. The lowest BCUT2D eigenvalue weighted by molar-refractivity contribution is 0.0945. The number of carbonyl (C=O) groups is 1. The van der Waals surface area contributed by atoms with Crippen molar-refractivity contribution in [3.8, 4) is 0 Å². The average molecular weight is 377 g/mol. The zero-order valence-electron chi connectivity index (χ0n) is 15.5. The number of H-pyrrole nitrogens is 1. The molecule has 2 aromatic heterocycles. The van der Waals surface area contributed by atoms with Gasteiger partial charge in [0, 0.05) is 36.1 Å². The number of aromatic nitrogens is 2. The van der Waals surface area contributed by atoms with Gasteiger partial charge in [0.2, 0.25) is 0 Å². The lowest BCUT2D eigenvalue weighted by Crippen LogP contribution is -2.25. The van der Waals surface area contributed by atoms with Crippen molar-refractivity contribution in [2.45, 2.75) is 19.8 Å². The fraction of sp³-hybridized carbons (Fsp3) is 0.182. The summed E-state index contributed by atoms with van der Waals surface area (Å²) in [7, 11) is 0. The number of halogens is 1. The monoisotopic (exact) mass is 377 g/mol. The third-order valence-corrected chi connectivity index (χ3v) is 4.66. The summed E-state index contributed by atoms with van der Waals surface area (Å²) in [4.78, 5) is 15.4. The summed E-state index contributed by atoms with van der Waals surface area (Å²) >= 11 is 0. The SMILES string of the molecule is Cc1cccc(Cc2cc(C(=O)NCCc3c[nH]c4ccc(F)cc34)no2)c1. The van der Waals surface area contributed by atoms with Crippen molar-refractivity contribution < 1.29 is 13.7 Å². The van der Waals surface area contributed by atoms with E-state index < -0.39 is 0 Å². The summed E-state index contributed by atoms with van der Waals surface area (Å²) in [6.45, 7) is 2.45. The van der Waals surface area contributed by atoms with Gasteiger partial charge in [-0.25, -0.2) is 4.39 Å². The first-order chi connectivity index (χ1) is 13.6. The Morgan fingerprint density at radius 3 is 2.96 bits per heavy atom. The van der Waals surface area contributed by atoms with Crippen LogP contribution in [-0.4, -0.2) is 22.6 Å². The normalized spacial score (nSPS) is 11.1. The molecule has 142 valence electrons. The predicted octanol–water partition coefficient (Wildman–Crippen LogP) is 4.17. The molecule has 0 saturated heterocycles. The highest BCUT2D eigenvalue weighted by Crippen LogP contribution is 2.19. The first-order valence-corrected chi connectivity index (χ1v) is 9.13. The molecule has 0 bridgehead atoms. The Kier molecular flexibility index (Phi) is 4.93. The van der Waals surface area contributed by atoms with Gasteiger partial charge in [0.25, 0.3) is 5.91 Å². The van der Waals surface area contributed by atoms with Gasteiger partial charge in [0.15, 0.2) is 5.69 Å². The maximum absolute atomic E-state index is 13.4. The zero-order valence-corrected chi connectivity index (χ0v) is 15.5. The summed E-state index contributed by atoms with van der Waals surface area (Å²) in [6.07, 6.45) is 3.01. The molecule has 0 aliphatic rings. The van der Waals surface area contributed by atoms with Crippen molar-refractivity contribution in [1.29, 1.82) is 0 Å².